The fourth-order valence-corrected chi connectivity index (χ4v) is 3.61. The highest BCUT2D eigenvalue weighted by atomic mass is 32.1. The SMILES string of the molecule is C=C(C)N(C(=S)N(C)c1ccc(-c2cnn(C(=O)NCC)c2)cc1)c1cnc(C#N)c(C)c1. The molecule has 0 aliphatic heterocycles. The van der Waals surface area contributed by atoms with Crippen molar-refractivity contribution < 1.29 is 4.79 Å². The second-order valence-electron chi connectivity index (χ2n) is 7.44. The molecule has 0 atom stereocenters. The summed E-state index contributed by atoms with van der Waals surface area (Å²) in [5.74, 6) is 0. The standard InChI is InChI=1S/C24H25N7OS/c1-6-26-23(32)30-15-19(13-28-30)18-7-9-20(10-8-18)29(5)24(33)31(16(2)3)21-11-17(4)22(12-25)27-14-21/h7-11,13-15H,2,6H2,1,3-5H3,(H,26,32). The fraction of sp³-hybridized carbons (Fsp3) is 0.208. The second kappa shape index (κ2) is 10.1. The van der Waals surface area contributed by atoms with Gasteiger partial charge in [0.15, 0.2) is 5.11 Å². The molecule has 168 valence electrons. The lowest BCUT2D eigenvalue weighted by Crippen LogP contribution is -2.40. The van der Waals surface area contributed by atoms with Crippen molar-refractivity contribution in [3.63, 3.8) is 0 Å². The molecule has 3 aromatic rings. The Balaban J connectivity index is 1.82. The fourth-order valence-electron chi connectivity index (χ4n) is 3.25. The summed E-state index contributed by atoms with van der Waals surface area (Å²) in [6, 6.07) is 11.5. The van der Waals surface area contributed by atoms with Gasteiger partial charge in [-0.2, -0.15) is 15.0 Å². The normalized spacial score (nSPS) is 10.3. The zero-order chi connectivity index (χ0) is 24.1. The van der Waals surface area contributed by atoms with Crippen molar-refractivity contribution in [1.82, 2.24) is 20.1 Å². The molecule has 0 saturated carbocycles. The number of thiocarbonyl (C=S) groups is 1. The van der Waals surface area contributed by atoms with Gasteiger partial charge in [0.2, 0.25) is 0 Å². The summed E-state index contributed by atoms with van der Waals surface area (Å²) in [4.78, 5) is 19.9. The zero-order valence-electron chi connectivity index (χ0n) is 19.0. The van der Waals surface area contributed by atoms with Gasteiger partial charge in [0.1, 0.15) is 11.8 Å². The van der Waals surface area contributed by atoms with E-state index in [4.69, 9.17) is 17.5 Å². The van der Waals surface area contributed by atoms with E-state index in [0.29, 0.717) is 17.4 Å². The molecule has 0 fully saturated rings. The molecular formula is C24H25N7OS. The van der Waals surface area contributed by atoms with E-state index in [9.17, 15) is 4.79 Å². The maximum Gasteiger partial charge on any atom is 0.342 e. The lowest BCUT2D eigenvalue weighted by Gasteiger charge is -2.31. The molecule has 0 spiro atoms. The van der Waals surface area contributed by atoms with E-state index in [1.807, 2.05) is 68.0 Å². The lowest BCUT2D eigenvalue weighted by atomic mass is 10.1. The molecule has 0 bridgehead atoms. The molecule has 2 aromatic heterocycles. The molecule has 1 amide bonds. The van der Waals surface area contributed by atoms with E-state index >= 15 is 0 Å². The van der Waals surface area contributed by atoms with Crippen LogP contribution in [0.5, 0.6) is 0 Å². The van der Waals surface area contributed by atoms with E-state index in [2.05, 4.69) is 28.0 Å². The van der Waals surface area contributed by atoms with Gasteiger partial charge in [-0.3, -0.25) is 4.90 Å². The number of carbonyl (C=O) groups is 1. The van der Waals surface area contributed by atoms with Crippen LogP contribution in [0.2, 0.25) is 0 Å². The Hall–Kier alpha value is -4.03. The first-order valence-electron chi connectivity index (χ1n) is 10.3. The molecule has 0 aliphatic rings. The van der Waals surface area contributed by atoms with Crippen LogP contribution in [0, 0.1) is 18.3 Å². The number of hydrogen-bond acceptors (Lipinski definition) is 5. The molecular weight excluding hydrogens is 434 g/mol. The molecule has 1 N–H and O–H groups in total. The largest absolute Gasteiger partial charge is 0.342 e. The van der Waals surface area contributed by atoms with Crippen molar-refractivity contribution in [1.29, 1.82) is 5.26 Å². The number of amides is 1. The predicted molar refractivity (Wildman–Crippen MR) is 134 cm³/mol. The Labute approximate surface area is 198 Å². The summed E-state index contributed by atoms with van der Waals surface area (Å²) in [5, 5.41) is 16.5. The molecule has 0 aliphatic carbocycles. The van der Waals surface area contributed by atoms with E-state index in [-0.39, 0.29) is 6.03 Å². The van der Waals surface area contributed by atoms with Crippen molar-refractivity contribution in [2.24, 2.45) is 0 Å². The van der Waals surface area contributed by atoms with Crippen LogP contribution >= 0.6 is 12.2 Å². The molecule has 0 radical (unpaired) electrons. The smallest absolute Gasteiger partial charge is 0.336 e. The number of carbonyl (C=O) groups excluding carboxylic acids is 1. The van der Waals surface area contributed by atoms with Crippen molar-refractivity contribution in [2.75, 3.05) is 23.4 Å². The molecule has 3 rings (SSSR count). The number of pyridine rings is 1. The number of rotatable bonds is 5. The summed E-state index contributed by atoms with van der Waals surface area (Å²) in [7, 11) is 1.88. The third-order valence-electron chi connectivity index (χ3n) is 4.99. The molecule has 8 nitrogen and oxygen atoms in total. The second-order valence-corrected chi connectivity index (χ2v) is 7.80. The van der Waals surface area contributed by atoms with Crippen LogP contribution in [0.25, 0.3) is 11.1 Å². The van der Waals surface area contributed by atoms with Gasteiger partial charge in [-0.1, -0.05) is 18.7 Å². The predicted octanol–water partition coefficient (Wildman–Crippen LogP) is 4.46. The van der Waals surface area contributed by atoms with Crippen LogP contribution in [0.15, 0.2) is 61.2 Å². The Kier molecular flexibility index (Phi) is 7.20. The Morgan fingerprint density at radius 2 is 1.94 bits per heavy atom. The minimum atomic E-state index is -0.266. The average molecular weight is 460 g/mol. The maximum absolute atomic E-state index is 11.9. The van der Waals surface area contributed by atoms with E-state index in [1.165, 1.54) is 4.68 Å². The van der Waals surface area contributed by atoms with Crippen LogP contribution in [0.1, 0.15) is 25.1 Å². The number of benzene rings is 1. The molecule has 33 heavy (non-hydrogen) atoms. The van der Waals surface area contributed by atoms with Gasteiger partial charge in [0.05, 0.1) is 18.1 Å². The summed E-state index contributed by atoms with van der Waals surface area (Å²) in [5.41, 5.74) is 5.26. The number of hydrogen-bond donors (Lipinski definition) is 1. The lowest BCUT2D eigenvalue weighted by molar-refractivity contribution is 0.240. The molecule has 0 saturated heterocycles. The average Bonchev–Trinajstić information content (AvgIpc) is 3.29. The summed E-state index contributed by atoms with van der Waals surface area (Å²) in [6.45, 7) is 10.2. The Morgan fingerprint density at radius 3 is 2.52 bits per heavy atom. The van der Waals surface area contributed by atoms with Gasteiger partial charge >= 0.3 is 6.03 Å². The van der Waals surface area contributed by atoms with Crippen LogP contribution < -0.4 is 15.1 Å². The van der Waals surface area contributed by atoms with Gasteiger partial charge < -0.3 is 10.2 Å². The van der Waals surface area contributed by atoms with Crippen LogP contribution in [-0.4, -0.2) is 39.5 Å². The van der Waals surface area contributed by atoms with Crippen molar-refractivity contribution in [3.05, 3.63) is 72.5 Å². The highest BCUT2D eigenvalue weighted by molar-refractivity contribution is 7.80. The van der Waals surface area contributed by atoms with E-state index in [0.717, 1.165) is 33.8 Å². The summed E-state index contributed by atoms with van der Waals surface area (Å²) in [6.07, 6.45) is 4.97. The number of nitriles is 1. The van der Waals surface area contributed by atoms with Gasteiger partial charge in [-0.15, -0.1) is 0 Å². The molecule has 0 unspecified atom stereocenters. The van der Waals surface area contributed by atoms with Gasteiger partial charge in [0, 0.05) is 36.7 Å². The number of anilines is 2. The minimum Gasteiger partial charge on any atom is -0.336 e. The first kappa shape index (κ1) is 23.6. The van der Waals surface area contributed by atoms with Crippen LogP contribution in [0.3, 0.4) is 0 Å². The highest BCUT2D eigenvalue weighted by Crippen LogP contribution is 2.26. The topological polar surface area (TPSA) is 90.1 Å². The van der Waals surface area contributed by atoms with Crippen LogP contribution in [0.4, 0.5) is 16.2 Å². The number of allylic oxidation sites excluding steroid dienone is 1. The first-order chi connectivity index (χ1) is 15.8. The maximum atomic E-state index is 11.9. The Bertz CT molecular complexity index is 1240. The van der Waals surface area contributed by atoms with Gasteiger partial charge in [-0.05, 0) is 62.3 Å². The molecule has 1 aromatic carbocycles. The number of nitrogens with one attached hydrogen (secondary N) is 1. The molecule has 9 heteroatoms. The minimum absolute atomic E-state index is 0.266. The van der Waals surface area contributed by atoms with E-state index < -0.39 is 0 Å². The Morgan fingerprint density at radius 1 is 1.24 bits per heavy atom. The molecule has 2 heterocycles. The van der Waals surface area contributed by atoms with E-state index in [1.54, 1.807) is 18.6 Å². The first-order valence-corrected chi connectivity index (χ1v) is 10.7. The van der Waals surface area contributed by atoms with Crippen LogP contribution in [-0.2, 0) is 0 Å². The number of aromatic nitrogens is 3. The summed E-state index contributed by atoms with van der Waals surface area (Å²) >= 11 is 5.77. The third kappa shape index (κ3) is 5.07. The number of aryl methyl sites for hydroxylation is 1. The summed E-state index contributed by atoms with van der Waals surface area (Å²) < 4.78 is 1.28. The van der Waals surface area contributed by atoms with Crippen molar-refractivity contribution in [3.8, 4) is 17.2 Å². The van der Waals surface area contributed by atoms with Crippen molar-refractivity contribution in [2.45, 2.75) is 20.8 Å². The highest BCUT2D eigenvalue weighted by Gasteiger charge is 2.19. The monoisotopic (exact) mass is 459 g/mol. The third-order valence-corrected chi connectivity index (χ3v) is 5.45. The van der Waals surface area contributed by atoms with Gasteiger partial charge in [0.25, 0.3) is 0 Å². The zero-order valence-corrected chi connectivity index (χ0v) is 19.8. The van der Waals surface area contributed by atoms with Gasteiger partial charge in [-0.25, -0.2) is 9.78 Å². The quantitative estimate of drug-likeness (QED) is 0.563. The van der Waals surface area contributed by atoms with Crippen molar-refractivity contribution >= 4 is 34.7 Å². The number of nitrogens with zero attached hydrogens (tertiary/aromatic N) is 6.